The molecule has 0 saturated carbocycles. The summed E-state index contributed by atoms with van der Waals surface area (Å²) in [7, 11) is 1.57. The molecule has 1 aliphatic rings. The van der Waals surface area contributed by atoms with Crippen molar-refractivity contribution < 1.29 is 9.53 Å². The number of anilines is 2. The van der Waals surface area contributed by atoms with Crippen molar-refractivity contribution >= 4 is 17.5 Å². The molecule has 2 aromatic rings. The number of aryl methyl sites for hydroxylation is 1. The lowest BCUT2D eigenvalue weighted by atomic mass is 10.2. The molecule has 120 valence electrons. The molecule has 0 atom stereocenters. The van der Waals surface area contributed by atoms with Crippen LogP contribution >= 0.6 is 0 Å². The number of nitrogens with zero attached hydrogens (tertiary/aromatic N) is 3. The molecule has 6 heteroatoms. The van der Waals surface area contributed by atoms with Gasteiger partial charge >= 0.3 is 0 Å². The fourth-order valence-corrected chi connectivity index (χ4v) is 2.66. The van der Waals surface area contributed by atoms with Crippen molar-refractivity contribution in [3.8, 4) is 5.75 Å². The summed E-state index contributed by atoms with van der Waals surface area (Å²) < 4.78 is 5.26. The molecule has 0 spiro atoms. The quantitative estimate of drug-likeness (QED) is 0.940. The maximum atomic E-state index is 12.5. The van der Waals surface area contributed by atoms with Crippen LogP contribution in [-0.2, 0) is 0 Å². The fourth-order valence-electron chi connectivity index (χ4n) is 2.66. The monoisotopic (exact) mass is 312 g/mol. The Bertz CT molecular complexity index is 711. The van der Waals surface area contributed by atoms with Gasteiger partial charge in [-0.2, -0.15) is 0 Å². The summed E-state index contributed by atoms with van der Waals surface area (Å²) in [6, 6.07) is 9.00. The number of aromatic nitrogens is 2. The van der Waals surface area contributed by atoms with E-state index in [4.69, 9.17) is 4.74 Å². The van der Waals surface area contributed by atoms with Gasteiger partial charge in [0.2, 0.25) is 5.95 Å². The standard InChI is InChI=1S/C17H20N4O2/c1-12-11-14(20-17(18-12)21-9-5-6-10-21)16(22)19-13-7-3-4-8-15(13)23-2/h3-4,7-8,11H,5-6,9-10H2,1-2H3,(H,19,22). The number of ether oxygens (including phenoxy) is 1. The van der Waals surface area contributed by atoms with Crippen LogP contribution in [0, 0.1) is 6.92 Å². The third-order valence-corrected chi connectivity index (χ3v) is 3.82. The second-order valence-corrected chi connectivity index (χ2v) is 5.54. The van der Waals surface area contributed by atoms with Crippen LogP contribution in [0.15, 0.2) is 30.3 Å². The number of nitrogens with one attached hydrogen (secondary N) is 1. The van der Waals surface area contributed by atoms with Crippen molar-refractivity contribution in [2.45, 2.75) is 19.8 Å². The molecule has 1 saturated heterocycles. The van der Waals surface area contributed by atoms with Crippen molar-refractivity contribution in [1.82, 2.24) is 9.97 Å². The Morgan fingerprint density at radius 1 is 1.22 bits per heavy atom. The SMILES string of the molecule is COc1ccccc1NC(=O)c1cc(C)nc(N2CCCC2)n1. The number of benzene rings is 1. The van der Waals surface area contributed by atoms with E-state index in [0.29, 0.717) is 23.1 Å². The van der Waals surface area contributed by atoms with Crippen molar-refractivity contribution in [3.05, 3.63) is 41.7 Å². The summed E-state index contributed by atoms with van der Waals surface area (Å²) in [6.07, 6.45) is 2.28. The molecule has 1 fully saturated rings. The van der Waals surface area contributed by atoms with Gasteiger partial charge in [0, 0.05) is 18.8 Å². The summed E-state index contributed by atoms with van der Waals surface area (Å²) in [6.45, 7) is 3.76. The van der Waals surface area contributed by atoms with E-state index in [2.05, 4.69) is 20.2 Å². The maximum absolute atomic E-state index is 12.5. The number of amides is 1. The summed E-state index contributed by atoms with van der Waals surface area (Å²) in [4.78, 5) is 23.5. The van der Waals surface area contributed by atoms with Crippen molar-refractivity contribution in [3.63, 3.8) is 0 Å². The van der Waals surface area contributed by atoms with Crippen LogP contribution in [0.3, 0.4) is 0 Å². The molecule has 0 radical (unpaired) electrons. The van der Waals surface area contributed by atoms with Gasteiger partial charge in [0.1, 0.15) is 11.4 Å². The summed E-state index contributed by atoms with van der Waals surface area (Å²) in [5.74, 6) is 0.986. The average Bonchev–Trinajstić information content (AvgIpc) is 3.09. The molecule has 1 aliphatic heterocycles. The van der Waals surface area contributed by atoms with Crippen LogP contribution in [0.5, 0.6) is 5.75 Å². The van der Waals surface area contributed by atoms with Gasteiger partial charge in [0.05, 0.1) is 12.8 Å². The number of methoxy groups -OCH3 is 1. The first-order valence-corrected chi connectivity index (χ1v) is 7.72. The lowest BCUT2D eigenvalue weighted by molar-refractivity contribution is 0.102. The molecule has 1 aromatic carbocycles. The lowest BCUT2D eigenvalue weighted by Gasteiger charge is -2.16. The molecule has 0 unspecified atom stereocenters. The van der Waals surface area contributed by atoms with Crippen LogP contribution in [0.25, 0.3) is 0 Å². The van der Waals surface area contributed by atoms with Crippen LogP contribution < -0.4 is 15.0 Å². The highest BCUT2D eigenvalue weighted by Crippen LogP contribution is 2.24. The highest BCUT2D eigenvalue weighted by molar-refractivity contribution is 6.03. The fraction of sp³-hybridized carbons (Fsp3) is 0.353. The number of hydrogen-bond donors (Lipinski definition) is 1. The molecule has 23 heavy (non-hydrogen) atoms. The Kier molecular flexibility index (Phi) is 4.41. The molecule has 1 N–H and O–H groups in total. The Morgan fingerprint density at radius 2 is 1.96 bits per heavy atom. The van der Waals surface area contributed by atoms with Crippen LogP contribution in [0.4, 0.5) is 11.6 Å². The third-order valence-electron chi connectivity index (χ3n) is 3.82. The topological polar surface area (TPSA) is 67.3 Å². The summed E-state index contributed by atoms with van der Waals surface area (Å²) >= 11 is 0. The van der Waals surface area contributed by atoms with Gasteiger partial charge in [0.15, 0.2) is 0 Å². The van der Waals surface area contributed by atoms with Crippen molar-refractivity contribution in [1.29, 1.82) is 0 Å². The molecule has 6 nitrogen and oxygen atoms in total. The second kappa shape index (κ2) is 6.64. The van der Waals surface area contributed by atoms with E-state index < -0.39 is 0 Å². The van der Waals surface area contributed by atoms with Crippen molar-refractivity contribution in [2.75, 3.05) is 30.4 Å². The van der Waals surface area contributed by atoms with Gasteiger partial charge in [-0.15, -0.1) is 0 Å². The molecule has 0 bridgehead atoms. The summed E-state index contributed by atoms with van der Waals surface area (Å²) in [5, 5.41) is 2.85. The number of hydrogen-bond acceptors (Lipinski definition) is 5. The molecule has 0 aliphatic carbocycles. The van der Waals surface area contributed by atoms with Gasteiger partial charge in [0.25, 0.3) is 5.91 Å². The lowest BCUT2D eigenvalue weighted by Crippen LogP contribution is -2.23. The number of carbonyl (C=O) groups excluding carboxylic acids is 1. The van der Waals surface area contributed by atoms with Gasteiger partial charge in [-0.3, -0.25) is 4.79 Å². The van der Waals surface area contributed by atoms with Crippen LogP contribution in [-0.4, -0.2) is 36.1 Å². The maximum Gasteiger partial charge on any atom is 0.274 e. The highest BCUT2D eigenvalue weighted by atomic mass is 16.5. The minimum absolute atomic E-state index is 0.263. The van der Waals surface area contributed by atoms with E-state index in [-0.39, 0.29) is 5.91 Å². The molecule has 1 amide bonds. The molecule has 1 aromatic heterocycles. The third kappa shape index (κ3) is 3.41. The number of para-hydroxylation sites is 2. The molecular weight excluding hydrogens is 292 g/mol. The minimum Gasteiger partial charge on any atom is -0.495 e. The number of carbonyl (C=O) groups is 1. The van der Waals surface area contributed by atoms with Gasteiger partial charge in [-0.05, 0) is 38.0 Å². The first-order valence-electron chi connectivity index (χ1n) is 7.72. The minimum atomic E-state index is -0.263. The first kappa shape index (κ1) is 15.3. The predicted molar refractivity (Wildman–Crippen MR) is 89.2 cm³/mol. The zero-order chi connectivity index (χ0) is 16.2. The Balaban J connectivity index is 1.84. The first-order chi connectivity index (χ1) is 11.2. The van der Waals surface area contributed by atoms with Crippen molar-refractivity contribution in [2.24, 2.45) is 0 Å². The Hall–Kier alpha value is -2.63. The van der Waals surface area contributed by atoms with E-state index in [9.17, 15) is 4.79 Å². The summed E-state index contributed by atoms with van der Waals surface area (Å²) in [5.41, 5.74) is 1.77. The predicted octanol–water partition coefficient (Wildman–Crippen LogP) is 2.65. The van der Waals surface area contributed by atoms with Crippen LogP contribution in [0.2, 0.25) is 0 Å². The second-order valence-electron chi connectivity index (χ2n) is 5.54. The molecule has 3 rings (SSSR count). The smallest absolute Gasteiger partial charge is 0.274 e. The largest absolute Gasteiger partial charge is 0.495 e. The highest BCUT2D eigenvalue weighted by Gasteiger charge is 2.18. The average molecular weight is 312 g/mol. The van der Waals surface area contributed by atoms with Gasteiger partial charge < -0.3 is 15.0 Å². The zero-order valence-electron chi connectivity index (χ0n) is 13.4. The number of rotatable bonds is 4. The Labute approximate surface area is 135 Å². The van der Waals surface area contributed by atoms with E-state index in [1.807, 2.05) is 19.1 Å². The zero-order valence-corrected chi connectivity index (χ0v) is 13.4. The molecule has 2 heterocycles. The normalized spacial score (nSPS) is 13.9. The Morgan fingerprint density at radius 3 is 2.70 bits per heavy atom. The van der Waals surface area contributed by atoms with Gasteiger partial charge in [-0.25, -0.2) is 9.97 Å². The van der Waals surface area contributed by atoms with E-state index in [1.54, 1.807) is 25.3 Å². The van der Waals surface area contributed by atoms with E-state index in [1.165, 1.54) is 0 Å². The van der Waals surface area contributed by atoms with Crippen LogP contribution in [0.1, 0.15) is 29.0 Å². The van der Waals surface area contributed by atoms with Gasteiger partial charge in [-0.1, -0.05) is 12.1 Å². The van der Waals surface area contributed by atoms with E-state index >= 15 is 0 Å². The molecular formula is C17H20N4O2. The van der Waals surface area contributed by atoms with E-state index in [0.717, 1.165) is 31.6 Å².